The minimum Gasteiger partial charge on any atom is -0.493 e. The zero-order chi connectivity index (χ0) is 16.0. The highest BCUT2D eigenvalue weighted by Gasteiger charge is 2.13. The first kappa shape index (κ1) is 17.7. The van der Waals surface area contributed by atoms with Gasteiger partial charge in [0.1, 0.15) is 5.82 Å². The van der Waals surface area contributed by atoms with E-state index in [9.17, 15) is 12.8 Å². The summed E-state index contributed by atoms with van der Waals surface area (Å²) in [4.78, 5) is 1.76. The van der Waals surface area contributed by atoms with Crippen molar-refractivity contribution >= 4 is 10.1 Å². The SMILES string of the molecule is COc1cc(F)c(CN(C)CCCS(=O)(=O)O)cc1OC. The normalized spacial score (nSPS) is 11.7. The van der Waals surface area contributed by atoms with Crippen molar-refractivity contribution in [2.75, 3.05) is 33.6 Å². The second-order valence-electron chi connectivity index (χ2n) is 4.68. The number of ether oxygens (including phenoxy) is 2. The molecule has 0 aromatic heterocycles. The standard InChI is InChI=1S/C13H20FNO5S/c1-15(5-4-6-21(16,17)18)9-10-7-12(19-2)13(20-3)8-11(10)14/h7-8H,4-6,9H2,1-3H3,(H,16,17,18). The average molecular weight is 321 g/mol. The number of hydrogen-bond acceptors (Lipinski definition) is 5. The molecule has 0 saturated heterocycles. The van der Waals surface area contributed by atoms with Crippen molar-refractivity contribution in [1.82, 2.24) is 4.90 Å². The van der Waals surface area contributed by atoms with Crippen molar-refractivity contribution in [2.24, 2.45) is 0 Å². The van der Waals surface area contributed by atoms with E-state index in [4.69, 9.17) is 14.0 Å². The predicted octanol–water partition coefficient (Wildman–Crippen LogP) is 1.55. The lowest BCUT2D eigenvalue weighted by Crippen LogP contribution is -2.22. The third-order valence-corrected chi connectivity index (χ3v) is 3.74. The van der Waals surface area contributed by atoms with Crippen molar-refractivity contribution in [2.45, 2.75) is 13.0 Å². The summed E-state index contributed by atoms with van der Waals surface area (Å²) >= 11 is 0. The molecule has 0 aliphatic rings. The molecule has 0 spiro atoms. The fourth-order valence-corrected chi connectivity index (χ4v) is 2.40. The zero-order valence-corrected chi connectivity index (χ0v) is 13.1. The molecular formula is C13H20FNO5S. The van der Waals surface area contributed by atoms with Crippen LogP contribution in [0, 0.1) is 5.82 Å². The van der Waals surface area contributed by atoms with E-state index in [0.29, 0.717) is 23.6 Å². The Kier molecular flexibility index (Phi) is 6.38. The van der Waals surface area contributed by atoms with Crippen LogP contribution in [0.15, 0.2) is 12.1 Å². The van der Waals surface area contributed by atoms with E-state index >= 15 is 0 Å². The number of methoxy groups -OCH3 is 2. The van der Waals surface area contributed by atoms with Crippen LogP contribution in [0.3, 0.4) is 0 Å². The van der Waals surface area contributed by atoms with E-state index in [2.05, 4.69) is 0 Å². The first-order valence-corrected chi connectivity index (χ1v) is 7.92. The average Bonchev–Trinajstić information content (AvgIpc) is 2.39. The van der Waals surface area contributed by atoms with E-state index in [1.54, 1.807) is 18.0 Å². The summed E-state index contributed by atoms with van der Waals surface area (Å²) in [6, 6.07) is 2.80. The topological polar surface area (TPSA) is 76.1 Å². The van der Waals surface area contributed by atoms with Gasteiger partial charge < -0.3 is 14.4 Å². The number of halogens is 1. The van der Waals surface area contributed by atoms with Gasteiger partial charge in [0.25, 0.3) is 10.1 Å². The smallest absolute Gasteiger partial charge is 0.264 e. The first-order valence-electron chi connectivity index (χ1n) is 6.31. The Labute approximate surface area is 124 Å². The van der Waals surface area contributed by atoms with Crippen LogP contribution < -0.4 is 9.47 Å². The van der Waals surface area contributed by atoms with Crippen molar-refractivity contribution in [1.29, 1.82) is 0 Å². The first-order chi connectivity index (χ1) is 9.76. The molecule has 0 saturated carbocycles. The van der Waals surface area contributed by atoms with Crippen molar-refractivity contribution in [3.63, 3.8) is 0 Å². The highest BCUT2D eigenvalue weighted by atomic mass is 32.2. The molecule has 1 aromatic carbocycles. The van der Waals surface area contributed by atoms with Crippen molar-refractivity contribution < 1.29 is 26.8 Å². The second-order valence-corrected chi connectivity index (χ2v) is 6.25. The molecule has 0 radical (unpaired) electrons. The molecule has 0 atom stereocenters. The molecule has 1 N–H and O–H groups in total. The third-order valence-electron chi connectivity index (χ3n) is 2.93. The van der Waals surface area contributed by atoms with Crippen LogP contribution in [0.1, 0.15) is 12.0 Å². The highest BCUT2D eigenvalue weighted by Crippen LogP contribution is 2.30. The summed E-state index contributed by atoms with van der Waals surface area (Å²) in [5, 5.41) is 0. The zero-order valence-electron chi connectivity index (χ0n) is 12.3. The molecule has 6 nitrogen and oxygen atoms in total. The summed E-state index contributed by atoms with van der Waals surface area (Å²) in [5.74, 6) is 0.00783. The Morgan fingerprint density at radius 3 is 2.33 bits per heavy atom. The Morgan fingerprint density at radius 2 is 1.81 bits per heavy atom. The van der Waals surface area contributed by atoms with Gasteiger partial charge in [-0.25, -0.2) is 4.39 Å². The number of rotatable bonds is 8. The molecule has 1 rings (SSSR count). The summed E-state index contributed by atoms with van der Waals surface area (Å²) in [6.45, 7) is 0.700. The molecule has 0 fully saturated rings. The number of hydrogen-bond donors (Lipinski definition) is 1. The molecule has 0 unspecified atom stereocenters. The summed E-state index contributed by atoms with van der Waals surface area (Å²) in [5.41, 5.74) is 0.419. The lowest BCUT2D eigenvalue weighted by atomic mass is 10.1. The van der Waals surface area contributed by atoms with E-state index < -0.39 is 15.9 Å². The quantitative estimate of drug-likeness (QED) is 0.732. The van der Waals surface area contributed by atoms with Crippen molar-refractivity contribution in [3.8, 4) is 11.5 Å². The van der Waals surface area contributed by atoms with Crippen molar-refractivity contribution in [3.05, 3.63) is 23.5 Å². The van der Waals surface area contributed by atoms with E-state index in [1.165, 1.54) is 20.3 Å². The van der Waals surface area contributed by atoms with E-state index in [-0.39, 0.29) is 18.7 Å². The fraction of sp³-hybridized carbons (Fsp3) is 0.538. The number of nitrogens with zero attached hydrogens (tertiary/aromatic N) is 1. The molecule has 0 amide bonds. The molecule has 0 bridgehead atoms. The lowest BCUT2D eigenvalue weighted by molar-refractivity contribution is 0.316. The molecule has 8 heteroatoms. The molecule has 120 valence electrons. The lowest BCUT2D eigenvalue weighted by Gasteiger charge is -2.18. The monoisotopic (exact) mass is 321 g/mol. The van der Waals surface area contributed by atoms with Crippen LogP contribution in [0.2, 0.25) is 0 Å². The van der Waals surface area contributed by atoms with Gasteiger partial charge in [0, 0.05) is 18.2 Å². The Balaban J connectivity index is 2.69. The van der Waals surface area contributed by atoms with Crippen LogP contribution in [-0.2, 0) is 16.7 Å². The van der Waals surface area contributed by atoms with Crippen LogP contribution in [0.5, 0.6) is 11.5 Å². The number of benzene rings is 1. The van der Waals surface area contributed by atoms with Gasteiger partial charge in [0.2, 0.25) is 0 Å². The van der Waals surface area contributed by atoms with Crippen LogP contribution in [0.4, 0.5) is 4.39 Å². The Bertz CT molecular complexity index is 576. The third kappa shape index (κ3) is 5.86. The molecule has 0 heterocycles. The Morgan fingerprint density at radius 1 is 1.24 bits per heavy atom. The predicted molar refractivity (Wildman–Crippen MR) is 76.9 cm³/mol. The second kappa shape index (κ2) is 7.58. The molecular weight excluding hydrogens is 301 g/mol. The summed E-state index contributed by atoms with van der Waals surface area (Å²) < 4.78 is 54.0. The highest BCUT2D eigenvalue weighted by molar-refractivity contribution is 7.85. The van der Waals surface area contributed by atoms with Gasteiger partial charge >= 0.3 is 0 Å². The van der Waals surface area contributed by atoms with Gasteiger partial charge in [-0.05, 0) is 26.1 Å². The molecule has 1 aromatic rings. The van der Waals surface area contributed by atoms with E-state index in [0.717, 1.165) is 0 Å². The Hall–Kier alpha value is -1.38. The molecule has 0 aliphatic heterocycles. The molecule has 21 heavy (non-hydrogen) atoms. The van der Waals surface area contributed by atoms with Gasteiger partial charge in [-0.3, -0.25) is 4.55 Å². The minimum absolute atomic E-state index is 0.268. The molecule has 0 aliphatic carbocycles. The largest absolute Gasteiger partial charge is 0.493 e. The summed E-state index contributed by atoms with van der Waals surface area (Å²) in [6.07, 6.45) is 0.268. The van der Waals surface area contributed by atoms with Crippen LogP contribution in [-0.4, -0.2) is 51.4 Å². The van der Waals surface area contributed by atoms with Gasteiger partial charge in [-0.1, -0.05) is 0 Å². The fourth-order valence-electron chi connectivity index (χ4n) is 1.90. The van der Waals surface area contributed by atoms with Gasteiger partial charge in [-0.2, -0.15) is 8.42 Å². The maximum absolute atomic E-state index is 13.9. The van der Waals surface area contributed by atoms with E-state index in [1.807, 2.05) is 0 Å². The van der Waals surface area contributed by atoms with Gasteiger partial charge in [0.05, 0.1) is 20.0 Å². The van der Waals surface area contributed by atoms with Gasteiger partial charge in [0.15, 0.2) is 11.5 Å². The summed E-state index contributed by atoms with van der Waals surface area (Å²) in [7, 11) is 0.675. The van der Waals surface area contributed by atoms with Crippen LogP contribution >= 0.6 is 0 Å². The maximum Gasteiger partial charge on any atom is 0.264 e. The van der Waals surface area contributed by atoms with Crippen LogP contribution in [0.25, 0.3) is 0 Å². The van der Waals surface area contributed by atoms with Gasteiger partial charge in [-0.15, -0.1) is 0 Å². The minimum atomic E-state index is -3.96. The maximum atomic E-state index is 13.9.